The molecule has 5 rings (SSSR count). The molecule has 0 bridgehead atoms. The second-order valence-electron chi connectivity index (χ2n) is 8.56. The highest BCUT2D eigenvalue weighted by Gasteiger charge is 2.25. The van der Waals surface area contributed by atoms with Gasteiger partial charge in [-0.15, -0.1) is 11.3 Å². The van der Waals surface area contributed by atoms with E-state index in [9.17, 15) is 9.50 Å². The minimum Gasteiger partial charge on any atom is -0.392 e. The summed E-state index contributed by atoms with van der Waals surface area (Å²) in [4.78, 5) is 17.5. The summed E-state index contributed by atoms with van der Waals surface area (Å²) in [5.74, 6) is 0.608. The zero-order valence-electron chi connectivity index (χ0n) is 18.9. The standard InChI is InChI=1S/C26H26FN5OS/c1-32-13-10-19(11-14-32)25-31-23(18-5-7-20(27)8-6-18)24(34-25)22-9-12-28-26(30-22)29-21-4-2-3-17(15-21)16-33/h2-9,12,15,19,33H,10-11,13-14,16H2,1H3,(H,28,29,30). The van der Waals surface area contributed by atoms with Crippen LogP contribution >= 0.6 is 11.3 Å². The van der Waals surface area contributed by atoms with Gasteiger partial charge in [0.2, 0.25) is 5.95 Å². The number of rotatable bonds is 6. The smallest absolute Gasteiger partial charge is 0.227 e. The van der Waals surface area contributed by atoms with Crippen LogP contribution in [0.3, 0.4) is 0 Å². The Labute approximate surface area is 202 Å². The molecular formula is C26H26FN5OS. The average molecular weight is 476 g/mol. The summed E-state index contributed by atoms with van der Waals surface area (Å²) in [7, 11) is 2.15. The molecule has 2 aromatic heterocycles. The van der Waals surface area contributed by atoms with Gasteiger partial charge in [-0.2, -0.15) is 0 Å². The van der Waals surface area contributed by atoms with Crippen molar-refractivity contribution < 1.29 is 9.50 Å². The number of hydrogen-bond acceptors (Lipinski definition) is 7. The summed E-state index contributed by atoms with van der Waals surface area (Å²) in [6.07, 6.45) is 3.87. The molecule has 6 nitrogen and oxygen atoms in total. The van der Waals surface area contributed by atoms with E-state index >= 15 is 0 Å². The molecule has 2 aromatic carbocycles. The SMILES string of the molecule is CN1CCC(c2nc(-c3ccc(F)cc3)c(-c3ccnc(Nc4cccc(CO)c4)n3)s2)CC1. The summed E-state index contributed by atoms with van der Waals surface area (Å²) < 4.78 is 13.6. The van der Waals surface area contributed by atoms with E-state index in [1.54, 1.807) is 29.7 Å². The van der Waals surface area contributed by atoms with E-state index in [2.05, 4.69) is 22.2 Å². The maximum Gasteiger partial charge on any atom is 0.227 e. The van der Waals surface area contributed by atoms with Gasteiger partial charge in [0, 0.05) is 23.4 Å². The number of aliphatic hydroxyl groups excluding tert-OH is 1. The molecule has 34 heavy (non-hydrogen) atoms. The fraction of sp³-hybridized carbons (Fsp3) is 0.269. The molecule has 0 atom stereocenters. The van der Waals surface area contributed by atoms with E-state index in [0.717, 1.165) is 64.0 Å². The first-order valence-electron chi connectivity index (χ1n) is 11.3. The number of aliphatic hydroxyl groups is 1. The van der Waals surface area contributed by atoms with Crippen LogP contribution in [0.2, 0.25) is 0 Å². The highest BCUT2D eigenvalue weighted by molar-refractivity contribution is 7.15. The lowest BCUT2D eigenvalue weighted by atomic mass is 9.98. The van der Waals surface area contributed by atoms with Crippen LogP contribution in [-0.2, 0) is 6.61 Å². The van der Waals surface area contributed by atoms with Crippen LogP contribution in [0.25, 0.3) is 21.8 Å². The quantitative estimate of drug-likeness (QED) is 0.386. The Kier molecular flexibility index (Phi) is 6.62. The van der Waals surface area contributed by atoms with Crippen molar-refractivity contribution in [3.8, 4) is 21.8 Å². The minimum atomic E-state index is -0.269. The Hall–Kier alpha value is -3.20. The fourth-order valence-electron chi connectivity index (χ4n) is 4.17. The third kappa shape index (κ3) is 4.99. The lowest BCUT2D eigenvalue weighted by molar-refractivity contribution is 0.255. The first kappa shape index (κ1) is 22.6. The second kappa shape index (κ2) is 9.97. The summed E-state index contributed by atoms with van der Waals surface area (Å²) >= 11 is 1.67. The molecule has 0 aliphatic carbocycles. The van der Waals surface area contributed by atoms with Crippen LogP contribution in [0.1, 0.15) is 29.3 Å². The van der Waals surface area contributed by atoms with Crippen molar-refractivity contribution in [3.63, 3.8) is 0 Å². The van der Waals surface area contributed by atoms with E-state index in [0.29, 0.717) is 11.9 Å². The molecule has 1 saturated heterocycles. The number of piperidine rings is 1. The minimum absolute atomic E-state index is 0.0297. The highest BCUT2D eigenvalue weighted by atomic mass is 32.1. The van der Waals surface area contributed by atoms with Crippen molar-refractivity contribution in [2.24, 2.45) is 0 Å². The fourth-order valence-corrected chi connectivity index (χ4v) is 5.39. The number of nitrogens with zero attached hydrogens (tertiary/aromatic N) is 4. The molecule has 8 heteroatoms. The van der Waals surface area contributed by atoms with Crippen molar-refractivity contribution in [3.05, 3.63) is 77.2 Å². The molecule has 2 N–H and O–H groups in total. The number of hydrogen-bond donors (Lipinski definition) is 2. The zero-order chi connectivity index (χ0) is 23.5. The Morgan fingerprint density at radius 2 is 1.88 bits per heavy atom. The van der Waals surface area contributed by atoms with Crippen LogP contribution in [0.15, 0.2) is 60.8 Å². The van der Waals surface area contributed by atoms with Gasteiger partial charge in [0.1, 0.15) is 5.82 Å². The zero-order valence-corrected chi connectivity index (χ0v) is 19.7. The van der Waals surface area contributed by atoms with Crippen molar-refractivity contribution >= 4 is 23.0 Å². The Balaban J connectivity index is 1.51. The van der Waals surface area contributed by atoms with Crippen LogP contribution in [0.4, 0.5) is 16.0 Å². The monoisotopic (exact) mass is 475 g/mol. The third-order valence-electron chi connectivity index (χ3n) is 6.08. The number of nitrogens with one attached hydrogen (secondary N) is 1. The molecular weight excluding hydrogens is 449 g/mol. The van der Waals surface area contributed by atoms with Crippen LogP contribution in [-0.4, -0.2) is 45.1 Å². The number of aromatic nitrogens is 3. The van der Waals surface area contributed by atoms with Crippen molar-refractivity contribution in [2.75, 3.05) is 25.5 Å². The molecule has 1 fully saturated rings. The molecule has 1 aliphatic heterocycles. The number of halogens is 1. The van der Waals surface area contributed by atoms with Crippen molar-refractivity contribution in [1.29, 1.82) is 0 Å². The molecule has 4 aromatic rings. The molecule has 0 spiro atoms. The Morgan fingerprint density at radius 3 is 2.65 bits per heavy atom. The van der Waals surface area contributed by atoms with Crippen LogP contribution in [0.5, 0.6) is 0 Å². The number of benzene rings is 2. The van der Waals surface area contributed by atoms with E-state index in [1.165, 1.54) is 12.1 Å². The maximum atomic E-state index is 13.6. The molecule has 1 aliphatic rings. The largest absolute Gasteiger partial charge is 0.392 e. The second-order valence-corrected chi connectivity index (χ2v) is 9.59. The molecule has 0 unspecified atom stereocenters. The molecule has 174 valence electrons. The molecule has 0 radical (unpaired) electrons. The topological polar surface area (TPSA) is 74.2 Å². The highest BCUT2D eigenvalue weighted by Crippen LogP contribution is 2.41. The third-order valence-corrected chi connectivity index (χ3v) is 7.32. The van der Waals surface area contributed by atoms with Gasteiger partial charge in [-0.3, -0.25) is 0 Å². The predicted molar refractivity (Wildman–Crippen MR) is 134 cm³/mol. The molecule has 0 saturated carbocycles. The molecule has 0 amide bonds. The normalized spacial score (nSPS) is 14.9. The van der Waals surface area contributed by atoms with Gasteiger partial charge in [-0.25, -0.2) is 19.3 Å². The number of thiazole rings is 1. The van der Waals surface area contributed by atoms with Gasteiger partial charge in [-0.1, -0.05) is 12.1 Å². The van der Waals surface area contributed by atoms with Gasteiger partial charge in [0.15, 0.2) is 0 Å². The number of likely N-dealkylation sites (tertiary alicyclic amines) is 1. The Bertz CT molecular complexity index is 1270. The first-order chi connectivity index (χ1) is 16.6. The van der Waals surface area contributed by atoms with Gasteiger partial charge >= 0.3 is 0 Å². The summed E-state index contributed by atoms with van der Waals surface area (Å²) in [6, 6.07) is 15.9. The lowest BCUT2D eigenvalue weighted by Crippen LogP contribution is -2.29. The lowest BCUT2D eigenvalue weighted by Gasteiger charge is -2.27. The van der Waals surface area contributed by atoms with Crippen LogP contribution < -0.4 is 5.32 Å². The van der Waals surface area contributed by atoms with Gasteiger partial charge in [0.05, 0.1) is 27.9 Å². The molecule has 3 heterocycles. The summed E-state index contributed by atoms with van der Waals surface area (Å²) in [5, 5.41) is 13.7. The van der Waals surface area contributed by atoms with E-state index < -0.39 is 0 Å². The van der Waals surface area contributed by atoms with Crippen molar-refractivity contribution in [2.45, 2.75) is 25.4 Å². The predicted octanol–water partition coefficient (Wildman–Crippen LogP) is 5.45. The van der Waals surface area contributed by atoms with Gasteiger partial charge in [0.25, 0.3) is 0 Å². The van der Waals surface area contributed by atoms with E-state index in [1.807, 2.05) is 30.3 Å². The van der Waals surface area contributed by atoms with Gasteiger partial charge < -0.3 is 15.3 Å². The number of anilines is 2. The first-order valence-corrected chi connectivity index (χ1v) is 12.2. The average Bonchev–Trinajstić information content (AvgIpc) is 3.31. The van der Waals surface area contributed by atoms with Gasteiger partial charge in [-0.05, 0) is 81.0 Å². The van der Waals surface area contributed by atoms with E-state index in [4.69, 9.17) is 9.97 Å². The maximum absolute atomic E-state index is 13.6. The summed E-state index contributed by atoms with van der Waals surface area (Å²) in [5.41, 5.74) is 4.08. The van der Waals surface area contributed by atoms with Crippen LogP contribution in [0, 0.1) is 5.82 Å². The summed E-state index contributed by atoms with van der Waals surface area (Å²) in [6.45, 7) is 2.08. The van der Waals surface area contributed by atoms with E-state index in [-0.39, 0.29) is 12.4 Å². The van der Waals surface area contributed by atoms with Crippen molar-refractivity contribution in [1.82, 2.24) is 19.9 Å². The Morgan fingerprint density at radius 1 is 1.09 bits per heavy atom.